The lowest BCUT2D eigenvalue weighted by Gasteiger charge is -2.33. The Labute approximate surface area is 174 Å². The molecule has 29 heavy (non-hydrogen) atoms. The maximum absolute atomic E-state index is 5.61. The van der Waals surface area contributed by atoms with Gasteiger partial charge in [0.1, 0.15) is 11.5 Å². The zero-order chi connectivity index (χ0) is 20.1. The van der Waals surface area contributed by atoms with Gasteiger partial charge in [-0.05, 0) is 44.5 Å². The van der Waals surface area contributed by atoms with Crippen molar-refractivity contribution in [3.8, 4) is 22.8 Å². The minimum absolute atomic E-state index is 0.794. The molecular formula is C23H34N4O2. The third-order valence-electron chi connectivity index (χ3n) is 6.50. The zero-order valence-electron chi connectivity index (χ0n) is 17.8. The first-order valence-corrected chi connectivity index (χ1v) is 11.0. The number of benzene rings is 1. The molecule has 1 aromatic carbocycles. The van der Waals surface area contributed by atoms with Crippen molar-refractivity contribution < 1.29 is 9.47 Å². The molecule has 1 saturated heterocycles. The number of nitrogens with zero attached hydrogens (tertiary/aromatic N) is 3. The average Bonchev–Trinajstić information content (AvgIpc) is 3.10. The molecular weight excluding hydrogens is 364 g/mol. The van der Waals surface area contributed by atoms with Crippen molar-refractivity contribution in [2.75, 3.05) is 40.4 Å². The van der Waals surface area contributed by atoms with Crippen LogP contribution in [0, 0.1) is 0 Å². The number of rotatable bonds is 6. The number of hydrogen-bond acceptors (Lipinski definition) is 5. The highest BCUT2D eigenvalue weighted by molar-refractivity contribution is 5.71. The Morgan fingerprint density at radius 3 is 2.66 bits per heavy atom. The van der Waals surface area contributed by atoms with Crippen molar-refractivity contribution in [1.82, 2.24) is 20.0 Å². The molecule has 4 rings (SSSR count). The minimum atomic E-state index is 0.794. The van der Waals surface area contributed by atoms with Crippen LogP contribution in [0.2, 0.25) is 0 Å². The van der Waals surface area contributed by atoms with Crippen LogP contribution in [-0.4, -0.2) is 66.4 Å². The Morgan fingerprint density at radius 2 is 1.86 bits per heavy atom. The summed E-state index contributed by atoms with van der Waals surface area (Å²) in [6.07, 6.45) is 10.2. The molecule has 0 bridgehead atoms. The average molecular weight is 399 g/mol. The molecule has 0 spiro atoms. The van der Waals surface area contributed by atoms with E-state index in [1.807, 2.05) is 24.4 Å². The van der Waals surface area contributed by atoms with E-state index < -0.39 is 0 Å². The Bertz CT molecular complexity index is 785. The van der Waals surface area contributed by atoms with E-state index in [2.05, 4.69) is 20.0 Å². The fourth-order valence-electron chi connectivity index (χ4n) is 4.87. The summed E-state index contributed by atoms with van der Waals surface area (Å²) in [4.78, 5) is 5.33. The number of aromatic amines is 1. The molecule has 0 amide bonds. The lowest BCUT2D eigenvalue weighted by Crippen LogP contribution is -2.39. The topological polar surface area (TPSA) is 53.6 Å². The Morgan fingerprint density at radius 1 is 1.00 bits per heavy atom. The summed E-state index contributed by atoms with van der Waals surface area (Å²) in [5.41, 5.74) is 3.29. The van der Waals surface area contributed by atoms with E-state index in [1.54, 1.807) is 14.2 Å². The number of aromatic nitrogens is 2. The van der Waals surface area contributed by atoms with Crippen molar-refractivity contribution in [3.05, 3.63) is 30.0 Å². The third kappa shape index (κ3) is 4.75. The standard InChI is InChI=1S/C23H34N4O2/c1-28-20-9-10-21(22(15-20)29-2)23-18(16-24-25-23)17-26-11-6-12-27(14-13-26)19-7-4-3-5-8-19/h9-10,15-16,19H,3-8,11-14,17H2,1-2H3,(H,24,25). The van der Waals surface area contributed by atoms with Crippen molar-refractivity contribution in [1.29, 1.82) is 0 Å². The summed E-state index contributed by atoms with van der Waals surface area (Å²) in [5, 5.41) is 7.54. The van der Waals surface area contributed by atoms with Gasteiger partial charge in [-0.1, -0.05) is 19.3 Å². The van der Waals surface area contributed by atoms with Gasteiger partial charge < -0.3 is 9.47 Å². The van der Waals surface area contributed by atoms with Gasteiger partial charge in [0.2, 0.25) is 0 Å². The van der Waals surface area contributed by atoms with Crippen molar-refractivity contribution in [2.24, 2.45) is 0 Å². The van der Waals surface area contributed by atoms with E-state index in [-0.39, 0.29) is 0 Å². The van der Waals surface area contributed by atoms with Gasteiger partial charge in [-0.25, -0.2) is 0 Å². The summed E-state index contributed by atoms with van der Waals surface area (Å²) in [7, 11) is 3.37. The van der Waals surface area contributed by atoms with Crippen LogP contribution in [0.3, 0.4) is 0 Å². The Hall–Kier alpha value is -2.05. The number of methoxy groups -OCH3 is 2. The van der Waals surface area contributed by atoms with E-state index in [4.69, 9.17) is 9.47 Å². The first-order valence-electron chi connectivity index (χ1n) is 11.0. The van der Waals surface area contributed by atoms with Gasteiger partial charge in [-0.15, -0.1) is 0 Å². The Balaban J connectivity index is 1.44. The van der Waals surface area contributed by atoms with Gasteiger partial charge in [0, 0.05) is 42.9 Å². The summed E-state index contributed by atoms with van der Waals surface area (Å²) < 4.78 is 10.9. The highest BCUT2D eigenvalue weighted by Gasteiger charge is 2.24. The van der Waals surface area contributed by atoms with Crippen LogP contribution >= 0.6 is 0 Å². The molecule has 1 aliphatic carbocycles. The molecule has 0 atom stereocenters. The number of H-pyrrole nitrogens is 1. The molecule has 0 unspecified atom stereocenters. The SMILES string of the molecule is COc1ccc(-c2[nH]ncc2CN2CCCN(C3CCCCC3)CC2)c(OC)c1. The maximum Gasteiger partial charge on any atom is 0.131 e. The van der Waals surface area contributed by atoms with E-state index in [1.165, 1.54) is 57.2 Å². The highest BCUT2D eigenvalue weighted by Crippen LogP contribution is 2.34. The van der Waals surface area contributed by atoms with Gasteiger partial charge in [-0.3, -0.25) is 14.9 Å². The molecule has 6 nitrogen and oxygen atoms in total. The number of hydrogen-bond donors (Lipinski definition) is 1. The summed E-state index contributed by atoms with van der Waals surface area (Å²) in [6, 6.07) is 6.75. The van der Waals surface area contributed by atoms with Gasteiger partial charge in [0.15, 0.2) is 0 Å². The van der Waals surface area contributed by atoms with Gasteiger partial charge in [-0.2, -0.15) is 5.10 Å². The van der Waals surface area contributed by atoms with Crippen molar-refractivity contribution in [2.45, 2.75) is 51.1 Å². The normalized spacial score (nSPS) is 19.8. The van der Waals surface area contributed by atoms with Crippen LogP contribution in [0.5, 0.6) is 11.5 Å². The number of ether oxygens (including phenoxy) is 2. The predicted molar refractivity (Wildman–Crippen MR) is 115 cm³/mol. The lowest BCUT2D eigenvalue weighted by atomic mass is 9.94. The van der Waals surface area contributed by atoms with Gasteiger partial charge in [0.25, 0.3) is 0 Å². The maximum atomic E-state index is 5.61. The second-order valence-electron chi connectivity index (χ2n) is 8.29. The van der Waals surface area contributed by atoms with Crippen LogP contribution in [0.1, 0.15) is 44.1 Å². The quantitative estimate of drug-likeness (QED) is 0.799. The second kappa shape index (κ2) is 9.63. The van der Waals surface area contributed by atoms with Crippen LogP contribution in [0.4, 0.5) is 0 Å². The molecule has 1 aromatic heterocycles. The van der Waals surface area contributed by atoms with Crippen molar-refractivity contribution >= 4 is 0 Å². The lowest BCUT2D eigenvalue weighted by molar-refractivity contribution is 0.158. The molecule has 2 heterocycles. The Kier molecular flexibility index (Phi) is 6.72. The van der Waals surface area contributed by atoms with Crippen molar-refractivity contribution in [3.63, 3.8) is 0 Å². The highest BCUT2D eigenvalue weighted by atomic mass is 16.5. The number of nitrogens with one attached hydrogen (secondary N) is 1. The zero-order valence-corrected chi connectivity index (χ0v) is 17.8. The second-order valence-corrected chi connectivity index (χ2v) is 8.29. The molecule has 2 fully saturated rings. The molecule has 1 saturated carbocycles. The fourth-order valence-corrected chi connectivity index (χ4v) is 4.87. The summed E-state index contributed by atoms with van der Waals surface area (Å²) in [5.74, 6) is 1.59. The van der Waals surface area contributed by atoms with Gasteiger partial charge in [0.05, 0.1) is 26.1 Å². The van der Waals surface area contributed by atoms with E-state index in [9.17, 15) is 0 Å². The monoisotopic (exact) mass is 398 g/mol. The largest absolute Gasteiger partial charge is 0.497 e. The van der Waals surface area contributed by atoms with E-state index in [0.29, 0.717) is 0 Å². The van der Waals surface area contributed by atoms with Crippen LogP contribution < -0.4 is 9.47 Å². The smallest absolute Gasteiger partial charge is 0.131 e. The molecule has 1 N–H and O–H groups in total. The summed E-state index contributed by atoms with van der Waals surface area (Å²) >= 11 is 0. The molecule has 1 aliphatic heterocycles. The molecule has 2 aromatic rings. The van der Waals surface area contributed by atoms with Crippen LogP contribution in [0.25, 0.3) is 11.3 Å². The van der Waals surface area contributed by atoms with Crippen LogP contribution in [-0.2, 0) is 6.54 Å². The van der Waals surface area contributed by atoms with Crippen LogP contribution in [0.15, 0.2) is 24.4 Å². The molecule has 6 heteroatoms. The predicted octanol–water partition coefficient (Wildman–Crippen LogP) is 3.93. The van der Waals surface area contributed by atoms with E-state index >= 15 is 0 Å². The summed E-state index contributed by atoms with van der Waals surface area (Å²) in [6.45, 7) is 5.61. The molecule has 0 radical (unpaired) electrons. The van der Waals surface area contributed by atoms with Gasteiger partial charge >= 0.3 is 0 Å². The first kappa shape index (κ1) is 20.2. The minimum Gasteiger partial charge on any atom is -0.497 e. The molecule has 158 valence electrons. The molecule has 2 aliphatic rings. The third-order valence-corrected chi connectivity index (χ3v) is 6.50. The fraction of sp³-hybridized carbons (Fsp3) is 0.609. The first-order chi connectivity index (χ1) is 14.3. The van der Waals surface area contributed by atoms with E-state index in [0.717, 1.165) is 48.4 Å².